The minimum Gasteiger partial charge on any atom is -0.368 e. The first kappa shape index (κ1) is 19.2. The quantitative estimate of drug-likeness (QED) is 0.739. The second-order valence-electron chi connectivity index (χ2n) is 7.65. The Kier molecular flexibility index (Phi) is 5.64. The first-order valence-corrected chi connectivity index (χ1v) is 10.2. The van der Waals surface area contributed by atoms with Gasteiger partial charge < -0.3 is 19.6 Å². The van der Waals surface area contributed by atoms with Gasteiger partial charge in [0.1, 0.15) is 5.69 Å². The van der Waals surface area contributed by atoms with E-state index in [1.165, 1.54) is 11.3 Å². The van der Waals surface area contributed by atoms with E-state index in [2.05, 4.69) is 46.0 Å². The van der Waals surface area contributed by atoms with Gasteiger partial charge in [-0.15, -0.1) is 0 Å². The van der Waals surface area contributed by atoms with Crippen LogP contribution >= 0.6 is 0 Å². The Morgan fingerprint density at radius 2 is 1.55 bits per heavy atom. The van der Waals surface area contributed by atoms with Crippen molar-refractivity contribution >= 4 is 23.7 Å². The lowest BCUT2D eigenvalue weighted by Gasteiger charge is -2.37. The van der Waals surface area contributed by atoms with Crippen LogP contribution in [0.15, 0.2) is 42.6 Å². The predicted molar refractivity (Wildman–Crippen MR) is 113 cm³/mol. The normalized spacial score (nSPS) is 17.4. The second kappa shape index (κ2) is 8.51. The summed E-state index contributed by atoms with van der Waals surface area (Å²) in [7, 11) is 0. The van der Waals surface area contributed by atoms with Crippen LogP contribution in [0.2, 0.25) is 0 Å². The molecule has 0 aliphatic carbocycles. The molecule has 4 rings (SSSR count). The fourth-order valence-electron chi connectivity index (χ4n) is 3.97. The molecule has 2 aliphatic rings. The number of aromatic nitrogens is 1. The average Bonchev–Trinajstić information content (AvgIpc) is 2.79. The molecule has 0 N–H and O–H groups in total. The van der Waals surface area contributed by atoms with E-state index >= 15 is 0 Å². The summed E-state index contributed by atoms with van der Waals surface area (Å²) >= 11 is 0. The van der Waals surface area contributed by atoms with E-state index in [1.54, 1.807) is 16.0 Å². The van der Waals surface area contributed by atoms with Gasteiger partial charge in [-0.05, 0) is 36.8 Å². The smallest absolute Gasteiger partial charge is 0.272 e. The van der Waals surface area contributed by atoms with Crippen LogP contribution in [0.4, 0.5) is 11.4 Å². The van der Waals surface area contributed by atoms with Crippen LogP contribution in [-0.2, 0) is 4.79 Å². The van der Waals surface area contributed by atoms with Crippen molar-refractivity contribution < 1.29 is 9.59 Å². The third kappa shape index (κ3) is 4.34. The van der Waals surface area contributed by atoms with E-state index in [-0.39, 0.29) is 5.91 Å². The minimum absolute atomic E-state index is 0.0594. The summed E-state index contributed by atoms with van der Waals surface area (Å²) in [6.07, 6.45) is 2.56. The van der Waals surface area contributed by atoms with Crippen molar-refractivity contribution in [1.29, 1.82) is 0 Å². The maximum Gasteiger partial charge on any atom is 0.272 e. The van der Waals surface area contributed by atoms with Gasteiger partial charge in [0, 0.05) is 69.9 Å². The van der Waals surface area contributed by atoms with Crippen molar-refractivity contribution in [3.05, 3.63) is 53.9 Å². The van der Waals surface area contributed by atoms with Crippen molar-refractivity contribution in [3.63, 3.8) is 0 Å². The summed E-state index contributed by atoms with van der Waals surface area (Å²) in [5.74, 6) is -0.0594. The lowest BCUT2D eigenvalue weighted by atomic mass is 10.1. The molecule has 2 aromatic rings. The first-order chi connectivity index (χ1) is 14.1. The highest BCUT2D eigenvalue weighted by atomic mass is 16.2. The molecule has 0 unspecified atom stereocenters. The molecule has 2 amide bonds. The molecule has 0 spiro atoms. The van der Waals surface area contributed by atoms with Gasteiger partial charge in [0.25, 0.3) is 5.91 Å². The van der Waals surface area contributed by atoms with Crippen molar-refractivity contribution in [2.45, 2.75) is 6.92 Å². The summed E-state index contributed by atoms with van der Waals surface area (Å²) in [6.45, 7) is 8.09. The lowest BCUT2D eigenvalue weighted by Crippen LogP contribution is -2.48. The molecule has 2 fully saturated rings. The molecule has 0 saturated carbocycles. The van der Waals surface area contributed by atoms with Crippen LogP contribution in [0.3, 0.4) is 0 Å². The minimum atomic E-state index is -0.0594. The van der Waals surface area contributed by atoms with Gasteiger partial charge in [0.15, 0.2) is 0 Å². The summed E-state index contributed by atoms with van der Waals surface area (Å²) in [5.41, 5.74) is 4.06. The Bertz CT molecular complexity index is 871. The Balaban J connectivity index is 1.39. The molecule has 7 nitrogen and oxygen atoms in total. The molecule has 2 aliphatic heterocycles. The van der Waals surface area contributed by atoms with E-state index in [0.29, 0.717) is 31.9 Å². The number of carbonyl (C=O) groups is 2. The fourth-order valence-corrected chi connectivity index (χ4v) is 3.97. The monoisotopic (exact) mass is 393 g/mol. The summed E-state index contributed by atoms with van der Waals surface area (Å²) in [5, 5.41) is 0. The molecule has 0 radical (unpaired) electrons. The summed E-state index contributed by atoms with van der Waals surface area (Å²) in [4.78, 5) is 36.2. The number of hydrogen-bond acceptors (Lipinski definition) is 5. The lowest BCUT2D eigenvalue weighted by molar-refractivity contribution is -0.119. The van der Waals surface area contributed by atoms with Crippen LogP contribution < -0.4 is 9.80 Å². The van der Waals surface area contributed by atoms with Gasteiger partial charge in [-0.25, -0.2) is 0 Å². The van der Waals surface area contributed by atoms with Crippen LogP contribution in [0, 0.1) is 6.92 Å². The van der Waals surface area contributed by atoms with Crippen LogP contribution in [-0.4, -0.2) is 79.5 Å². The number of aryl methyl sites for hydroxylation is 1. The van der Waals surface area contributed by atoms with E-state index in [9.17, 15) is 9.59 Å². The molecule has 1 aromatic heterocycles. The number of pyridine rings is 1. The molecule has 7 heteroatoms. The third-order valence-corrected chi connectivity index (χ3v) is 5.72. The number of nitrogens with zero attached hydrogens (tertiary/aromatic N) is 5. The molecular weight excluding hydrogens is 366 g/mol. The summed E-state index contributed by atoms with van der Waals surface area (Å²) < 4.78 is 0. The number of piperazine rings is 2. The van der Waals surface area contributed by atoms with Gasteiger partial charge in [-0.2, -0.15) is 0 Å². The predicted octanol–water partition coefficient (Wildman–Crippen LogP) is 1.63. The van der Waals surface area contributed by atoms with E-state index in [1.807, 2.05) is 12.1 Å². The first-order valence-electron chi connectivity index (χ1n) is 10.2. The molecular formula is C22H27N5O2. The van der Waals surface area contributed by atoms with Gasteiger partial charge in [0.05, 0.1) is 0 Å². The number of rotatable bonds is 4. The Hall–Kier alpha value is -3.09. The standard InChI is InChI=1S/C22H27N5O2/c1-18-3-2-4-19(15-18)25-11-13-26(14-12-25)20-5-6-23-21(16-20)22(29)27-9-7-24(17-28)8-10-27/h2-6,15-17H,7-14H2,1H3. The Labute approximate surface area is 171 Å². The van der Waals surface area contributed by atoms with Crippen LogP contribution in [0.5, 0.6) is 0 Å². The molecule has 152 valence electrons. The molecule has 29 heavy (non-hydrogen) atoms. The summed E-state index contributed by atoms with van der Waals surface area (Å²) in [6, 6.07) is 12.5. The average molecular weight is 393 g/mol. The van der Waals surface area contributed by atoms with Gasteiger partial charge >= 0.3 is 0 Å². The van der Waals surface area contributed by atoms with Crippen molar-refractivity contribution in [2.24, 2.45) is 0 Å². The largest absolute Gasteiger partial charge is 0.368 e. The molecule has 2 saturated heterocycles. The molecule has 0 atom stereocenters. The Morgan fingerprint density at radius 3 is 2.17 bits per heavy atom. The van der Waals surface area contributed by atoms with Crippen molar-refractivity contribution in [1.82, 2.24) is 14.8 Å². The highest BCUT2D eigenvalue weighted by Gasteiger charge is 2.24. The number of benzene rings is 1. The zero-order valence-corrected chi connectivity index (χ0v) is 16.8. The van der Waals surface area contributed by atoms with E-state index in [0.717, 1.165) is 38.3 Å². The van der Waals surface area contributed by atoms with Gasteiger partial charge in [-0.1, -0.05) is 12.1 Å². The van der Waals surface area contributed by atoms with E-state index < -0.39 is 0 Å². The van der Waals surface area contributed by atoms with Crippen molar-refractivity contribution in [3.8, 4) is 0 Å². The highest BCUT2D eigenvalue weighted by molar-refractivity contribution is 5.93. The highest BCUT2D eigenvalue weighted by Crippen LogP contribution is 2.22. The second-order valence-corrected chi connectivity index (χ2v) is 7.65. The molecule has 3 heterocycles. The van der Waals surface area contributed by atoms with Gasteiger partial charge in [0.2, 0.25) is 6.41 Å². The number of anilines is 2. The van der Waals surface area contributed by atoms with E-state index in [4.69, 9.17) is 0 Å². The Morgan fingerprint density at radius 1 is 0.897 bits per heavy atom. The molecule has 0 bridgehead atoms. The topological polar surface area (TPSA) is 60.0 Å². The van der Waals surface area contributed by atoms with Gasteiger partial charge in [-0.3, -0.25) is 14.6 Å². The van der Waals surface area contributed by atoms with Crippen LogP contribution in [0.25, 0.3) is 0 Å². The fraction of sp³-hybridized carbons (Fsp3) is 0.409. The third-order valence-electron chi connectivity index (χ3n) is 5.72. The number of carbonyl (C=O) groups excluding carboxylic acids is 2. The van der Waals surface area contributed by atoms with Crippen molar-refractivity contribution in [2.75, 3.05) is 62.2 Å². The number of hydrogen-bond donors (Lipinski definition) is 0. The molecule has 1 aromatic carbocycles. The van der Waals surface area contributed by atoms with Crippen LogP contribution in [0.1, 0.15) is 16.1 Å². The number of amides is 2. The zero-order valence-electron chi connectivity index (χ0n) is 16.8. The maximum absolute atomic E-state index is 12.8. The SMILES string of the molecule is Cc1cccc(N2CCN(c3ccnc(C(=O)N4CCN(C=O)CC4)c3)CC2)c1. The maximum atomic E-state index is 12.8. The zero-order chi connectivity index (χ0) is 20.2.